The predicted molar refractivity (Wildman–Crippen MR) is 108 cm³/mol. The molecule has 138 valence electrons. The molecule has 0 spiro atoms. The van der Waals surface area contributed by atoms with Crippen LogP contribution in [0.1, 0.15) is 30.7 Å². The summed E-state index contributed by atoms with van der Waals surface area (Å²) in [6.07, 6.45) is 2.36. The summed E-state index contributed by atoms with van der Waals surface area (Å²) in [7, 11) is 0. The molecule has 0 radical (unpaired) electrons. The lowest BCUT2D eigenvalue weighted by molar-refractivity contribution is 0.227. The van der Waals surface area contributed by atoms with Crippen molar-refractivity contribution in [2.75, 3.05) is 0 Å². The Morgan fingerprint density at radius 2 is 1.56 bits per heavy atom. The van der Waals surface area contributed by atoms with E-state index in [0.717, 1.165) is 16.8 Å². The van der Waals surface area contributed by atoms with Crippen LogP contribution in [-0.2, 0) is 12.0 Å². The van der Waals surface area contributed by atoms with Crippen LogP contribution in [0.25, 0.3) is 0 Å². The van der Waals surface area contributed by atoms with E-state index in [4.69, 9.17) is 0 Å². The summed E-state index contributed by atoms with van der Waals surface area (Å²) in [5.41, 5.74) is 2.14. The van der Waals surface area contributed by atoms with E-state index in [-0.39, 0.29) is 12.1 Å². The number of aromatic nitrogens is 1. The number of nitrogens with zero attached hydrogens (tertiary/aromatic N) is 1. The summed E-state index contributed by atoms with van der Waals surface area (Å²) in [5, 5.41) is 6.18. The Morgan fingerprint density at radius 3 is 2.15 bits per heavy atom. The third-order valence-corrected chi connectivity index (χ3v) is 4.43. The molecule has 3 rings (SSSR count). The number of benzene rings is 2. The zero-order valence-corrected chi connectivity index (χ0v) is 15.7. The second-order valence-electron chi connectivity index (χ2n) is 6.90. The van der Waals surface area contributed by atoms with Crippen molar-refractivity contribution in [2.24, 2.45) is 0 Å². The number of carbonyl (C=O) groups is 1. The lowest BCUT2D eigenvalue weighted by Crippen LogP contribution is -2.53. The molecule has 0 aliphatic carbocycles. The molecule has 2 aromatic carbocycles. The standard InChI is InChI=1S/C23H25N3O/c1-18(2)25-22(27)26-23(20-13-7-4-8-14-20,21-15-9-10-16-24-21)17-19-11-5-3-6-12-19/h3-16,18H,17H2,1-2H3,(H2,25,26,27). The maximum absolute atomic E-state index is 12.8. The first-order chi connectivity index (χ1) is 13.1. The van der Waals surface area contributed by atoms with E-state index >= 15 is 0 Å². The van der Waals surface area contributed by atoms with Crippen molar-refractivity contribution in [2.45, 2.75) is 31.8 Å². The molecule has 1 atom stereocenters. The fourth-order valence-electron chi connectivity index (χ4n) is 3.25. The van der Waals surface area contributed by atoms with E-state index < -0.39 is 5.54 Å². The molecule has 0 fully saturated rings. The van der Waals surface area contributed by atoms with Crippen molar-refractivity contribution in [1.82, 2.24) is 15.6 Å². The summed E-state index contributed by atoms with van der Waals surface area (Å²) >= 11 is 0. The first-order valence-electron chi connectivity index (χ1n) is 9.20. The lowest BCUT2D eigenvalue weighted by Gasteiger charge is -2.35. The van der Waals surface area contributed by atoms with Gasteiger partial charge in [0.1, 0.15) is 5.54 Å². The van der Waals surface area contributed by atoms with Gasteiger partial charge in [0.25, 0.3) is 0 Å². The van der Waals surface area contributed by atoms with E-state index in [1.54, 1.807) is 6.20 Å². The molecular formula is C23H25N3O. The van der Waals surface area contributed by atoms with Gasteiger partial charge in [-0.1, -0.05) is 66.7 Å². The van der Waals surface area contributed by atoms with Gasteiger partial charge in [-0.05, 0) is 37.1 Å². The molecule has 4 nitrogen and oxygen atoms in total. The summed E-state index contributed by atoms with van der Waals surface area (Å²) in [6, 6.07) is 25.8. The van der Waals surface area contributed by atoms with Crippen molar-refractivity contribution in [1.29, 1.82) is 0 Å². The summed E-state index contributed by atoms with van der Waals surface area (Å²) < 4.78 is 0. The molecule has 1 unspecified atom stereocenters. The van der Waals surface area contributed by atoms with Gasteiger partial charge >= 0.3 is 6.03 Å². The molecular weight excluding hydrogens is 334 g/mol. The fraction of sp³-hybridized carbons (Fsp3) is 0.217. The van der Waals surface area contributed by atoms with Crippen molar-refractivity contribution >= 4 is 6.03 Å². The zero-order chi connectivity index (χ0) is 19.1. The van der Waals surface area contributed by atoms with Crippen molar-refractivity contribution in [3.05, 3.63) is 102 Å². The molecule has 0 aliphatic rings. The number of carbonyl (C=O) groups excluding carboxylic acids is 1. The van der Waals surface area contributed by atoms with Crippen LogP contribution < -0.4 is 10.6 Å². The predicted octanol–water partition coefficient (Wildman–Crippen LogP) is 4.28. The fourth-order valence-corrected chi connectivity index (χ4v) is 3.25. The van der Waals surface area contributed by atoms with E-state index in [1.165, 1.54) is 0 Å². The minimum Gasteiger partial charge on any atom is -0.336 e. The van der Waals surface area contributed by atoms with Crippen LogP contribution in [0.5, 0.6) is 0 Å². The minimum absolute atomic E-state index is 0.0407. The highest BCUT2D eigenvalue weighted by molar-refractivity contribution is 5.76. The third kappa shape index (κ3) is 4.53. The van der Waals surface area contributed by atoms with Gasteiger partial charge in [-0.2, -0.15) is 0 Å². The van der Waals surface area contributed by atoms with Crippen molar-refractivity contribution in [3.63, 3.8) is 0 Å². The van der Waals surface area contributed by atoms with Crippen molar-refractivity contribution < 1.29 is 4.79 Å². The van der Waals surface area contributed by atoms with Crippen LogP contribution in [0.3, 0.4) is 0 Å². The van der Waals surface area contributed by atoms with Gasteiger partial charge in [0.15, 0.2) is 0 Å². The van der Waals surface area contributed by atoms with Crippen LogP contribution >= 0.6 is 0 Å². The molecule has 27 heavy (non-hydrogen) atoms. The number of urea groups is 1. The number of rotatable bonds is 6. The highest BCUT2D eigenvalue weighted by Crippen LogP contribution is 2.32. The maximum Gasteiger partial charge on any atom is 0.316 e. The van der Waals surface area contributed by atoms with E-state index in [1.807, 2.05) is 80.6 Å². The molecule has 0 aliphatic heterocycles. The average molecular weight is 359 g/mol. The Hall–Kier alpha value is -3.14. The summed E-state index contributed by atoms with van der Waals surface area (Å²) in [5.74, 6) is 0. The zero-order valence-electron chi connectivity index (χ0n) is 15.7. The van der Waals surface area contributed by atoms with Gasteiger partial charge in [0.05, 0.1) is 5.69 Å². The topological polar surface area (TPSA) is 54.0 Å². The van der Waals surface area contributed by atoms with Gasteiger partial charge in [-0.3, -0.25) is 4.98 Å². The molecule has 4 heteroatoms. The Kier molecular flexibility index (Phi) is 5.87. The number of pyridine rings is 1. The quantitative estimate of drug-likeness (QED) is 0.690. The molecule has 3 aromatic rings. The lowest BCUT2D eigenvalue weighted by atomic mass is 9.80. The Balaban J connectivity index is 2.13. The van der Waals surface area contributed by atoms with Gasteiger partial charge < -0.3 is 10.6 Å². The first kappa shape index (κ1) is 18.6. The highest BCUT2D eigenvalue weighted by atomic mass is 16.2. The van der Waals surface area contributed by atoms with Gasteiger partial charge in [-0.25, -0.2) is 4.79 Å². The molecule has 0 bridgehead atoms. The Morgan fingerprint density at radius 1 is 0.926 bits per heavy atom. The average Bonchev–Trinajstić information content (AvgIpc) is 2.69. The minimum atomic E-state index is -0.775. The number of hydrogen-bond donors (Lipinski definition) is 2. The maximum atomic E-state index is 12.8. The number of nitrogens with one attached hydrogen (secondary N) is 2. The molecule has 0 saturated heterocycles. The SMILES string of the molecule is CC(C)NC(=O)NC(Cc1ccccc1)(c1ccccc1)c1ccccn1. The summed E-state index contributed by atoms with van der Waals surface area (Å²) in [4.78, 5) is 17.4. The van der Waals surface area contributed by atoms with E-state index in [9.17, 15) is 4.79 Å². The van der Waals surface area contributed by atoms with Crippen LogP contribution in [0.4, 0.5) is 4.79 Å². The smallest absolute Gasteiger partial charge is 0.316 e. The third-order valence-electron chi connectivity index (χ3n) is 4.43. The Labute approximate surface area is 160 Å². The Bertz CT molecular complexity index is 809. The largest absolute Gasteiger partial charge is 0.336 e. The molecule has 0 saturated carbocycles. The molecule has 1 aromatic heterocycles. The highest BCUT2D eigenvalue weighted by Gasteiger charge is 2.37. The van der Waals surface area contributed by atoms with Crippen molar-refractivity contribution in [3.8, 4) is 0 Å². The normalized spacial score (nSPS) is 13.0. The number of amides is 2. The summed E-state index contributed by atoms with van der Waals surface area (Å²) in [6.45, 7) is 3.89. The van der Waals surface area contributed by atoms with Gasteiger partial charge in [-0.15, -0.1) is 0 Å². The number of hydrogen-bond acceptors (Lipinski definition) is 2. The monoisotopic (exact) mass is 359 g/mol. The molecule has 1 heterocycles. The molecule has 2 amide bonds. The first-order valence-corrected chi connectivity index (χ1v) is 9.20. The van der Waals surface area contributed by atoms with Crippen LogP contribution in [0.2, 0.25) is 0 Å². The van der Waals surface area contributed by atoms with Crippen LogP contribution in [0.15, 0.2) is 85.1 Å². The second kappa shape index (κ2) is 8.49. The van der Waals surface area contributed by atoms with E-state index in [0.29, 0.717) is 6.42 Å². The van der Waals surface area contributed by atoms with Gasteiger partial charge in [0, 0.05) is 18.7 Å². The van der Waals surface area contributed by atoms with Gasteiger partial charge in [0.2, 0.25) is 0 Å². The molecule has 2 N–H and O–H groups in total. The van der Waals surface area contributed by atoms with Crippen LogP contribution in [0, 0.1) is 0 Å². The van der Waals surface area contributed by atoms with E-state index in [2.05, 4.69) is 27.8 Å². The second-order valence-corrected chi connectivity index (χ2v) is 6.90. The van der Waals surface area contributed by atoms with Crippen LogP contribution in [-0.4, -0.2) is 17.1 Å².